The lowest BCUT2D eigenvalue weighted by Gasteiger charge is -2.36. The number of hydrogen-bond acceptors (Lipinski definition) is 3. The van der Waals surface area contributed by atoms with Gasteiger partial charge in [-0.3, -0.25) is 0 Å². The van der Waals surface area contributed by atoms with Gasteiger partial charge in [0.05, 0.1) is 5.69 Å². The Morgan fingerprint density at radius 3 is 2.60 bits per heavy atom. The molecule has 0 spiro atoms. The maximum absolute atomic E-state index is 14.3. The van der Waals surface area contributed by atoms with Gasteiger partial charge in [0.15, 0.2) is 0 Å². The van der Waals surface area contributed by atoms with Gasteiger partial charge in [-0.1, -0.05) is 26.8 Å². The molecule has 2 atom stereocenters. The second kappa shape index (κ2) is 7.32. The Morgan fingerprint density at radius 2 is 2.00 bits per heavy atom. The van der Waals surface area contributed by atoms with E-state index in [1.807, 2.05) is 23.9 Å². The third kappa shape index (κ3) is 4.13. The molecule has 1 aromatic rings. The smallest absolute Gasteiger partial charge is 0.146 e. The SMILES string of the molecule is CCCNCc1ccc(N2CC(C)SC(C)C2)c(F)c1. The lowest BCUT2D eigenvalue weighted by molar-refractivity contribution is 0.605. The second-order valence-corrected chi connectivity index (χ2v) is 7.51. The quantitative estimate of drug-likeness (QED) is 0.835. The molecule has 1 aliphatic heterocycles. The molecule has 1 N–H and O–H groups in total. The van der Waals surface area contributed by atoms with Crippen LogP contribution in [0.1, 0.15) is 32.8 Å². The van der Waals surface area contributed by atoms with Gasteiger partial charge in [-0.2, -0.15) is 11.8 Å². The summed E-state index contributed by atoms with van der Waals surface area (Å²) in [6.07, 6.45) is 1.10. The van der Waals surface area contributed by atoms with Crippen LogP contribution < -0.4 is 10.2 Å². The molecule has 2 unspecified atom stereocenters. The summed E-state index contributed by atoms with van der Waals surface area (Å²) >= 11 is 1.99. The number of nitrogens with one attached hydrogen (secondary N) is 1. The summed E-state index contributed by atoms with van der Waals surface area (Å²) in [5, 5.41) is 4.43. The normalized spacial score (nSPS) is 23.1. The molecule has 1 heterocycles. The number of rotatable bonds is 5. The highest BCUT2D eigenvalue weighted by atomic mass is 32.2. The van der Waals surface area contributed by atoms with Gasteiger partial charge in [0.2, 0.25) is 0 Å². The van der Waals surface area contributed by atoms with Crippen molar-refractivity contribution < 1.29 is 4.39 Å². The van der Waals surface area contributed by atoms with E-state index in [2.05, 4.69) is 31.0 Å². The predicted octanol–water partition coefficient (Wildman–Crippen LogP) is 3.66. The fourth-order valence-corrected chi connectivity index (χ4v) is 4.03. The maximum atomic E-state index is 14.3. The fourth-order valence-electron chi connectivity index (χ4n) is 2.70. The van der Waals surface area contributed by atoms with Gasteiger partial charge in [-0.25, -0.2) is 4.39 Å². The number of halogens is 1. The fraction of sp³-hybridized carbons (Fsp3) is 0.625. The van der Waals surface area contributed by atoms with Crippen LogP contribution in [0.4, 0.5) is 10.1 Å². The van der Waals surface area contributed by atoms with Crippen LogP contribution in [-0.4, -0.2) is 30.1 Å². The second-order valence-electron chi connectivity index (χ2n) is 5.62. The van der Waals surface area contributed by atoms with Crippen molar-refractivity contribution >= 4 is 17.4 Å². The predicted molar refractivity (Wildman–Crippen MR) is 87.1 cm³/mol. The number of thioether (sulfide) groups is 1. The first-order chi connectivity index (χ1) is 9.60. The van der Waals surface area contributed by atoms with Crippen molar-refractivity contribution in [3.05, 3.63) is 29.6 Å². The highest BCUT2D eigenvalue weighted by molar-refractivity contribution is 8.00. The first kappa shape index (κ1) is 15.6. The minimum absolute atomic E-state index is 0.0906. The molecule has 0 amide bonds. The van der Waals surface area contributed by atoms with Crippen LogP contribution in [0.2, 0.25) is 0 Å². The number of nitrogens with zero attached hydrogens (tertiary/aromatic N) is 1. The van der Waals surface area contributed by atoms with Crippen LogP contribution in [0.5, 0.6) is 0 Å². The van der Waals surface area contributed by atoms with Crippen molar-refractivity contribution in [1.82, 2.24) is 5.32 Å². The van der Waals surface area contributed by atoms with Gasteiger partial charge in [0.25, 0.3) is 0 Å². The summed E-state index contributed by atoms with van der Waals surface area (Å²) in [7, 11) is 0. The van der Waals surface area contributed by atoms with Gasteiger partial charge in [0, 0.05) is 30.1 Å². The van der Waals surface area contributed by atoms with Crippen molar-refractivity contribution in [2.45, 2.75) is 44.2 Å². The molecule has 1 fully saturated rings. The van der Waals surface area contributed by atoms with E-state index in [1.54, 1.807) is 6.07 Å². The van der Waals surface area contributed by atoms with E-state index in [4.69, 9.17) is 0 Å². The Hall–Kier alpha value is -0.740. The summed E-state index contributed by atoms with van der Waals surface area (Å²) in [6, 6.07) is 5.65. The number of hydrogen-bond donors (Lipinski definition) is 1. The first-order valence-electron chi connectivity index (χ1n) is 7.49. The van der Waals surface area contributed by atoms with Gasteiger partial charge in [-0.15, -0.1) is 0 Å². The summed E-state index contributed by atoms with van der Waals surface area (Å²) < 4.78 is 14.3. The topological polar surface area (TPSA) is 15.3 Å². The van der Waals surface area contributed by atoms with Gasteiger partial charge in [-0.05, 0) is 30.7 Å². The molecule has 1 aromatic carbocycles. The molecule has 0 bridgehead atoms. The lowest BCUT2D eigenvalue weighted by Crippen LogP contribution is -2.40. The Kier molecular flexibility index (Phi) is 5.73. The minimum Gasteiger partial charge on any atom is -0.367 e. The minimum atomic E-state index is -0.0906. The number of benzene rings is 1. The van der Waals surface area contributed by atoms with Crippen molar-refractivity contribution in [2.24, 2.45) is 0 Å². The van der Waals surface area contributed by atoms with Crippen LogP contribution in [-0.2, 0) is 6.54 Å². The molecule has 0 aliphatic carbocycles. The van der Waals surface area contributed by atoms with Crippen LogP contribution in [0.25, 0.3) is 0 Å². The number of anilines is 1. The van der Waals surface area contributed by atoms with Gasteiger partial charge < -0.3 is 10.2 Å². The van der Waals surface area contributed by atoms with Crippen molar-refractivity contribution in [3.8, 4) is 0 Å². The molecule has 20 heavy (non-hydrogen) atoms. The van der Waals surface area contributed by atoms with E-state index in [0.29, 0.717) is 10.5 Å². The molecule has 2 rings (SSSR count). The molecular weight excluding hydrogens is 271 g/mol. The molecule has 0 radical (unpaired) electrons. The molecule has 112 valence electrons. The van der Waals surface area contributed by atoms with E-state index in [-0.39, 0.29) is 5.82 Å². The molecular formula is C16H25FN2S. The summed E-state index contributed by atoms with van der Waals surface area (Å²) in [5.41, 5.74) is 1.77. The van der Waals surface area contributed by atoms with Crippen molar-refractivity contribution in [3.63, 3.8) is 0 Å². The third-order valence-corrected chi connectivity index (χ3v) is 4.76. The third-order valence-electron chi connectivity index (χ3n) is 3.53. The first-order valence-corrected chi connectivity index (χ1v) is 8.44. The molecule has 2 nitrogen and oxygen atoms in total. The van der Waals surface area contributed by atoms with Crippen LogP contribution in [0.3, 0.4) is 0 Å². The highest BCUT2D eigenvalue weighted by Gasteiger charge is 2.24. The maximum Gasteiger partial charge on any atom is 0.146 e. The molecule has 4 heteroatoms. The van der Waals surface area contributed by atoms with E-state index >= 15 is 0 Å². The molecule has 1 saturated heterocycles. The zero-order chi connectivity index (χ0) is 14.5. The Labute approximate surface area is 126 Å². The van der Waals surface area contributed by atoms with Gasteiger partial charge in [0.1, 0.15) is 5.82 Å². The lowest BCUT2D eigenvalue weighted by atomic mass is 10.1. The summed E-state index contributed by atoms with van der Waals surface area (Å²) in [5.74, 6) is -0.0906. The van der Waals surface area contributed by atoms with Crippen molar-refractivity contribution in [1.29, 1.82) is 0 Å². The zero-order valence-corrected chi connectivity index (χ0v) is 13.5. The Balaban J connectivity index is 2.05. The largest absolute Gasteiger partial charge is 0.367 e. The molecule has 0 aromatic heterocycles. The van der Waals surface area contributed by atoms with E-state index in [0.717, 1.165) is 43.9 Å². The average Bonchev–Trinajstić information content (AvgIpc) is 2.38. The summed E-state index contributed by atoms with van der Waals surface area (Å²) in [4.78, 5) is 2.18. The Bertz CT molecular complexity index is 428. The highest BCUT2D eigenvalue weighted by Crippen LogP contribution is 2.30. The van der Waals surface area contributed by atoms with E-state index < -0.39 is 0 Å². The zero-order valence-electron chi connectivity index (χ0n) is 12.7. The van der Waals surface area contributed by atoms with Crippen LogP contribution >= 0.6 is 11.8 Å². The van der Waals surface area contributed by atoms with Crippen LogP contribution in [0.15, 0.2) is 18.2 Å². The van der Waals surface area contributed by atoms with E-state index in [9.17, 15) is 4.39 Å². The Morgan fingerprint density at radius 1 is 1.30 bits per heavy atom. The molecule has 0 saturated carbocycles. The monoisotopic (exact) mass is 296 g/mol. The van der Waals surface area contributed by atoms with Crippen molar-refractivity contribution in [2.75, 3.05) is 24.5 Å². The van der Waals surface area contributed by atoms with Crippen LogP contribution in [0, 0.1) is 5.82 Å². The van der Waals surface area contributed by atoms with E-state index in [1.165, 1.54) is 0 Å². The summed E-state index contributed by atoms with van der Waals surface area (Å²) in [6.45, 7) is 10.1. The standard InChI is InChI=1S/C16H25FN2S/c1-4-7-18-9-14-5-6-16(15(17)8-14)19-10-12(2)20-13(3)11-19/h5-6,8,12-13,18H,4,7,9-11H2,1-3H3. The van der Waals surface area contributed by atoms with Gasteiger partial charge >= 0.3 is 0 Å². The average molecular weight is 296 g/mol. The molecule has 1 aliphatic rings.